The Morgan fingerprint density at radius 2 is 1.80 bits per heavy atom. The van der Waals surface area contributed by atoms with E-state index in [1.807, 2.05) is 63.2 Å². The minimum Gasteiger partial charge on any atom is -0.491 e. The van der Waals surface area contributed by atoms with Crippen LogP contribution in [-0.2, 0) is 16.1 Å². The van der Waals surface area contributed by atoms with E-state index < -0.39 is 12.0 Å². The Hall–Kier alpha value is -4.05. The Kier molecular flexibility index (Phi) is 10.6. The van der Waals surface area contributed by atoms with Crippen LogP contribution >= 0.6 is 34.5 Å². The number of nitrogens with zero attached hydrogens (tertiary/aromatic N) is 2. The van der Waals surface area contributed by atoms with Gasteiger partial charge < -0.3 is 18.9 Å². The number of hydrogen-bond acceptors (Lipinski definition) is 8. The van der Waals surface area contributed by atoms with Gasteiger partial charge in [-0.25, -0.2) is 9.79 Å². The summed E-state index contributed by atoms with van der Waals surface area (Å²) in [5.74, 6) is 0.853. The van der Waals surface area contributed by atoms with Crippen LogP contribution in [-0.4, -0.2) is 29.9 Å². The molecule has 0 N–H and O–H groups in total. The molecule has 0 spiro atoms. The third kappa shape index (κ3) is 7.17. The average Bonchev–Trinajstić information content (AvgIpc) is 3.30. The Morgan fingerprint density at radius 3 is 2.52 bits per heavy atom. The molecule has 0 aliphatic carbocycles. The number of benzene rings is 3. The van der Waals surface area contributed by atoms with Crippen molar-refractivity contribution in [3.8, 4) is 17.2 Å². The van der Waals surface area contributed by atoms with Crippen LogP contribution in [0.3, 0.4) is 0 Å². The highest BCUT2D eigenvalue weighted by Gasteiger charge is 2.35. The zero-order chi connectivity index (χ0) is 33.0. The molecular weight excluding hydrogens is 647 g/mol. The second-order valence-electron chi connectivity index (χ2n) is 10.7. The number of hydrogen-bond donors (Lipinski definition) is 0. The van der Waals surface area contributed by atoms with Crippen LogP contribution in [0.25, 0.3) is 6.08 Å². The summed E-state index contributed by atoms with van der Waals surface area (Å²) in [6.45, 7) is 9.99. The minimum atomic E-state index is -0.808. The van der Waals surface area contributed by atoms with E-state index in [0.717, 1.165) is 5.56 Å². The van der Waals surface area contributed by atoms with Crippen molar-refractivity contribution in [3.05, 3.63) is 118 Å². The van der Waals surface area contributed by atoms with Gasteiger partial charge in [0.2, 0.25) is 0 Å². The summed E-state index contributed by atoms with van der Waals surface area (Å²) in [5.41, 5.74) is 2.60. The second kappa shape index (κ2) is 14.6. The molecule has 1 aliphatic heterocycles. The van der Waals surface area contributed by atoms with E-state index in [0.29, 0.717) is 60.1 Å². The molecule has 1 atom stereocenters. The molecule has 5 rings (SSSR count). The van der Waals surface area contributed by atoms with E-state index in [2.05, 4.69) is 4.99 Å². The standard InChI is InChI=1S/C35H34Cl2N2O6S/c1-6-42-28-17-23(16-26(37)32(28)44-19-22-11-10-12-24(36)15-22)18-29-33(40)39-31(25-13-8-9-14-27(25)45-20(3)4)30(34(41)43-7-2)21(5)38-35(39)46-29/h8-18,20,31H,6-7,19H2,1-5H3/b29-18-/t31-/m1/s1. The maximum atomic E-state index is 14.2. The molecule has 46 heavy (non-hydrogen) atoms. The molecule has 1 aromatic heterocycles. The molecule has 4 aromatic rings. The van der Waals surface area contributed by atoms with E-state index in [1.165, 1.54) is 15.9 Å². The molecule has 240 valence electrons. The van der Waals surface area contributed by atoms with Gasteiger partial charge in [-0.2, -0.15) is 0 Å². The summed E-state index contributed by atoms with van der Waals surface area (Å²) in [6, 6.07) is 17.4. The summed E-state index contributed by atoms with van der Waals surface area (Å²) in [6.07, 6.45) is 1.60. The van der Waals surface area contributed by atoms with Crippen molar-refractivity contribution in [1.29, 1.82) is 0 Å². The highest BCUT2D eigenvalue weighted by molar-refractivity contribution is 7.07. The van der Waals surface area contributed by atoms with Gasteiger partial charge in [0.15, 0.2) is 16.3 Å². The van der Waals surface area contributed by atoms with E-state index >= 15 is 0 Å². The molecular formula is C35H34Cl2N2O6S. The van der Waals surface area contributed by atoms with Crippen LogP contribution in [0.15, 0.2) is 81.7 Å². The van der Waals surface area contributed by atoms with Crippen molar-refractivity contribution in [2.24, 2.45) is 4.99 Å². The molecule has 3 aromatic carbocycles. The van der Waals surface area contributed by atoms with Crippen molar-refractivity contribution < 1.29 is 23.7 Å². The first-order chi connectivity index (χ1) is 22.1. The molecule has 0 radical (unpaired) electrons. The quantitative estimate of drug-likeness (QED) is 0.161. The highest BCUT2D eigenvalue weighted by Crippen LogP contribution is 2.38. The SMILES string of the molecule is CCOC(=O)C1=C(C)N=c2s/c(=C\c3cc(Cl)c(OCc4cccc(Cl)c4)c(OCC)c3)c(=O)n2[C@@H]1c1ccccc1OC(C)C. The van der Waals surface area contributed by atoms with E-state index in [4.69, 9.17) is 42.1 Å². The lowest BCUT2D eigenvalue weighted by molar-refractivity contribution is -0.139. The summed E-state index contributed by atoms with van der Waals surface area (Å²) in [5, 5.41) is 0.932. The van der Waals surface area contributed by atoms with Gasteiger partial charge in [0.05, 0.1) is 40.1 Å². The van der Waals surface area contributed by atoms with Crippen molar-refractivity contribution >= 4 is 46.6 Å². The molecule has 0 saturated heterocycles. The monoisotopic (exact) mass is 680 g/mol. The second-order valence-corrected chi connectivity index (χ2v) is 12.5. The van der Waals surface area contributed by atoms with Crippen LogP contribution in [0.2, 0.25) is 10.0 Å². The van der Waals surface area contributed by atoms with Gasteiger partial charge in [0.25, 0.3) is 5.56 Å². The molecule has 0 bridgehead atoms. The summed E-state index contributed by atoms with van der Waals surface area (Å²) < 4.78 is 25.4. The van der Waals surface area contributed by atoms with Crippen molar-refractivity contribution in [3.63, 3.8) is 0 Å². The van der Waals surface area contributed by atoms with Gasteiger partial charge in [-0.3, -0.25) is 9.36 Å². The number of halogens is 2. The first-order valence-corrected chi connectivity index (χ1v) is 16.5. The number of allylic oxidation sites excluding steroid dienone is 1. The minimum absolute atomic E-state index is 0.130. The van der Waals surface area contributed by atoms with Crippen molar-refractivity contribution in [2.45, 2.75) is 53.4 Å². The van der Waals surface area contributed by atoms with Crippen molar-refractivity contribution in [1.82, 2.24) is 4.57 Å². The largest absolute Gasteiger partial charge is 0.491 e. The number of carbonyl (C=O) groups is 1. The number of rotatable bonds is 11. The summed E-state index contributed by atoms with van der Waals surface area (Å²) in [7, 11) is 0. The fourth-order valence-corrected chi connectivity index (χ4v) is 6.69. The smallest absolute Gasteiger partial charge is 0.338 e. The van der Waals surface area contributed by atoms with Crippen LogP contribution in [0.4, 0.5) is 0 Å². The van der Waals surface area contributed by atoms with Crippen LogP contribution in [0.1, 0.15) is 57.4 Å². The maximum Gasteiger partial charge on any atom is 0.338 e. The van der Waals surface area contributed by atoms with E-state index in [9.17, 15) is 9.59 Å². The lowest BCUT2D eigenvalue weighted by Crippen LogP contribution is -2.40. The third-order valence-electron chi connectivity index (χ3n) is 6.99. The summed E-state index contributed by atoms with van der Waals surface area (Å²) >= 11 is 14.1. The number of thiazole rings is 1. The maximum absolute atomic E-state index is 14.2. The predicted molar refractivity (Wildman–Crippen MR) is 181 cm³/mol. The Bertz CT molecular complexity index is 1980. The molecule has 2 heterocycles. The average molecular weight is 682 g/mol. The van der Waals surface area contributed by atoms with Crippen LogP contribution in [0.5, 0.6) is 17.2 Å². The van der Waals surface area contributed by atoms with Gasteiger partial charge in [0, 0.05) is 10.6 Å². The molecule has 1 aliphatic rings. The first kappa shape index (κ1) is 33.3. The highest BCUT2D eigenvalue weighted by atomic mass is 35.5. The van der Waals surface area contributed by atoms with Gasteiger partial charge in [-0.05, 0) is 82.2 Å². The first-order valence-electron chi connectivity index (χ1n) is 14.9. The fourth-order valence-electron chi connectivity index (χ4n) is 5.16. The zero-order valence-electron chi connectivity index (χ0n) is 26.1. The molecule has 0 saturated carbocycles. The lowest BCUT2D eigenvalue weighted by Gasteiger charge is -2.26. The number of carbonyl (C=O) groups excluding carboxylic acids is 1. The number of ether oxygens (including phenoxy) is 4. The fraction of sp³-hybridized carbons (Fsp3) is 0.286. The topological polar surface area (TPSA) is 88.4 Å². The molecule has 11 heteroatoms. The van der Waals surface area contributed by atoms with Crippen LogP contribution in [0, 0.1) is 0 Å². The number of fused-ring (bicyclic) bond motifs is 1. The molecule has 0 fully saturated rings. The van der Waals surface area contributed by atoms with Gasteiger partial charge in [-0.1, -0.05) is 64.9 Å². The molecule has 8 nitrogen and oxygen atoms in total. The number of esters is 1. The Balaban J connectivity index is 1.62. The Labute approximate surface area is 281 Å². The number of aromatic nitrogens is 1. The summed E-state index contributed by atoms with van der Waals surface area (Å²) in [4.78, 5) is 32.6. The third-order valence-corrected chi connectivity index (χ3v) is 8.49. The van der Waals surface area contributed by atoms with Gasteiger partial charge in [0.1, 0.15) is 18.4 Å². The number of para-hydroxylation sites is 1. The normalized spacial score (nSPS) is 14.6. The van der Waals surface area contributed by atoms with Gasteiger partial charge in [-0.15, -0.1) is 0 Å². The van der Waals surface area contributed by atoms with E-state index in [1.54, 1.807) is 38.1 Å². The Morgan fingerprint density at radius 1 is 1.02 bits per heavy atom. The zero-order valence-corrected chi connectivity index (χ0v) is 28.5. The molecule has 0 unspecified atom stereocenters. The molecule has 0 amide bonds. The predicted octanol–water partition coefficient (Wildman–Crippen LogP) is 6.87. The van der Waals surface area contributed by atoms with Gasteiger partial charge >= 0.3 is 5.97 Å². The lowest BCUT2D eigenvalue weighted by atomic mass is 9.95. The van der Waals surface area contributed by atoms with Crippen LogP contribution < -0.4 is 29.1 Å². The van der Waals surface area contributed by atoms with Crippen molar-refractivity contribution in [2.75, 3.05) is 13.2 Å². The van der Waals surface area contributed by atoms with E-state index in [-0.39, 0.29) is 30.5 Å².